The van der Waals surface area contributed by atoms with Crippen LogP contribution in [0.4, 0.5) is 11.4 Å². The van der Waals surface area contributed by atoms with Crippen LogP contribution in [0, 0.1) is 17.0 Å². The Labute approximate surface area is 152 Å². The summed E-state index contributed by atoms with van der Waals surface area (Å²) in [5.41, 5.74) is 6.32. The normalized spacial score (nSPS) is 10.3. The number of carbonyl (C=O) groups excluding carboxylic acids is 2. The molecule has 7 nitrogen and oxygen atoms in total. The van der Waals surface area contributed by atoms with E-state index in [1.165, 1.54) is 12.1 Å². The van der Waals surface area contributed by atoms with Crippen LogP contribution in [0.1, 0.15) is 15.9 Å². The Hall–Kier alpha value is -2.58. The molecule has 0 radical (unpaired) electrons. The largest absolute Gasteiger partial charge is 0.366 e. The number of carbonyl (C=O) groups is 2. The number of thioether (sulfide) groups is 1. The smallest absolute Gasteiger partial charge is 0.283 e. The van der Waals surface area contributed by atoms with Crippen LogP contribution < -0.4 is 11.1 Å². The summed E-state index contributed by atoms with van der Waals surface area (Å²) >= 11 is 6.99. The molecule has 2 rings (SSSR count). The highest BCUT2D eigenvalue weighted by atomic mass is 35.5. The average Bonchev–Trinajstić information content (AvgIpc) is 2.56. The first-order valence-corrected chi connectivity index (χ1v) is 8.41. The molecule has 0 aliphatic carbocycles. The van der Waals surface area contributed by atoms with Crippen molar-refractivity contribution < 1.29 is 14.5 Å². The molecule has 0 aliphatic rings. The van der Waals surface area contributed by atoms with Crippen LogP contribution in [0.25, 0.3) is 0 Å². The minimum Gasteiger partial charge on any atom is -0.366 e. The summed E-state index contributed by atoms with van der Waals surface area (Å²) in [6.07, 6.45) is 0. The van der Waals surface area contributed by atoms with Gasteiger partial charge in [0, 0.05) is 22.3 Å². The van der Waals surface area contributed by atoms with Crippen molar-refractivity contribution in [3.8, 4) is 0 Å². The zero-order valence-electron chi connectivity index (χ0n) is 13.1. The number of nitrogens with one attached hydrogen (secondary N) is 1. The molecule has 0 unspecified atom stereocenters. The van der Waals surface area contributed by atoms with Crippen LogP contribution in [0.2, 0.25) is 5.02 Å². The monoisotopic (exact) mass is 379 g/mol. The zero-order valence-corrected chi connectivity index (χ0v) is 14.7. The first-order valence-electron chi connectivity index (χ1n) is 7.05. The fourth-order valence-electron chi connectivity index (χ4n) is 1.95. The Bertz CT molecular complexity index is 857. The molecule has 0 atom stereocenters. The van der Waals surface area contributed by atoms with Crippen molar-refractivity contribution in [3.05, 3.63) is 62.7 Å². The average molecular weight is 380 g/mol. The third-order valence-corrected chi connectivity index (χ3v) is 4.72. The summed E-state index contributed by atoms with van der Waals surface area (Å²) in [4.78, 5) is 33.9. The number of rotatable bonds is 6. The second kappa shape index (κ2) is 8.00. The van der Waals surface area contributed by atoms with Crippen LogP contribution in [-0.4, -0.2) is 22.5 Å². The van der Waals surface area contributed by atoms with E-state index in [0.29, 0.717) is 10.7 Å². The van der Waals surface area contributed by atoms with Gasteiger partial charge in [0.15, 0.2) is 0 Å². The van der Waals surface area contributed by atoms with E-state index in [1.807, 2.05) is 6.92 Å². The number of benzene rings is 2. The molecule has 0 fully saturated rings. The van der Waals surface area contributed by atoms with Gasteiger partial charge in [-0.3, -0.25) is 19.7 Å². The van der Waals surface area contributed by atoms with E-state index in [4.69, 9.17) is 17.3 Å². The van der Waals surface area contributed by atoms with Crippen molar-refractivity contribution in [2.24, 2.45) is 5.73 Å². The molecule has 0 bridgehead atoms. The first-order chi connectivity index (χ1) is 11.8. The van der Waals surface area contributed by atoms with Crippen LogP contribution in [0.5, 0.6) is 0 Å². The maximum Gasteiger partial charge on any atom is 0.283 e. The van der Waals surface area contributed by atoms with Gasteiger partial charge < -0.3 is 11.1 Å². The highest BCUT2D eigenvalue weighted by molar-refractivity contribution is 8.00. The van der Waals surface area contributed by atoms with E-state index in [0.717, 1.165) is 23.4 Å². The number of halogens is 1. The third kappa shape index (κ3) is 4.94. The van der Waals surface area contributed by atoms with Crippen molar-refractivity contribution in [1.82, 2.24) is 0 Å². The summed E-state index contributed by atoms with van der Waals surface area (Å²) in [5.74, 6) is -1.13. The van der Waals surface area contributed by atoms with Gasteiger partial charge in [-0.1, -0.05) is 17.7 Å². The lowest BCUT2D eigenvalue weighted by Gasteiger charge is -2.07. The number of anilines is 1. The number of aryl methyl sites for hydroxylation is 1. The molecule has 2 amide bonds. The van der Waals surface area contributed by atoms with E-state index in [2.05, 4.69) is 5.32 Å². The van der Waals surface area contributed by atoms with Gasteiger partial charge in [-0.25, -0.2) is 0 Å². The molecule has 130 valence electrons. The number of hydrogen-bond donors (Lipinski definition) is 2. The molecule has 0 heterocycles. The molecular formula is C16H14ClN3O4S. The van der Waals surface area contributed by atoms with Crippen molar-refractivity contribution in [2.75, 3.05) is 11.1 Å². The van der Waals surface area contributed by atoms with Gasteiger partial charge in [-0.15, -0.1) is 11.8 Å². The number of nitrogens with two attached hydrogens (primary N) is 1. The van der Waals surface area contributed by atoms with Gasteiger partial charge in [0.05, 0.1) is 15.6 Å². The van der Waals surface area contributed by atoms with Crippen molar-refractivity contribution in [3.63, 3.8) is 0 Å². The minimum absolute atomic E-state index is 0.0369. The SMILES string of the molecule is Cc1ccc(NC(=O)CSc2ccc(C(N)=O)cc2[N+](=O)[O-])cc1Cl. The summed E-state index contributed by atoms with van der Waals surface area (Å²) in [6.45, 7) is 1.85. The predicted molar refractivity (Wildman–Crippen MR) is 97.2 cm³/mol. The standard InChI is InChI=1S/C16H14ClN3O4S/c1-9-2-4-11(7-12(9)17)19-15(21)8-25-14-5-3-10(16(18)22)6-13(14)20(23)24/h2-7H,8H2,1H3,(H2,18,22)(H,19,21). The number of primary amides is 1. The van der Waals surface area contributed by atoms with E-state index >= 15 is 0 Å². The van der Waals surface area contributed by atoms with Gasteiger partial charge >= 0.3 is 0 Å². The van der Waals surface area contributed by atoms with Crippen LogP contribution in [-0.2, 0) is 4.79 Å². The summed E-state index contributed by atoms with van der Waals surface area (Å²) in [6, 6.07) is 9.01. The van der Waals surface area contributed by atoms with E-state index in [9.17, 15) is 19.7 Å². The fraction of sp³-hybridized carbons (Fsp3) is 0.125. The summed E-state index contributed by atoms with van der Waals surface area (Å²) < 4.78 is 0. The van der Waals surface area contributed by atoms with Crippen molar-refractivity contribution >= 4 is 46.6 Å². The van der Waals surface area contributed by atoms with Gasteiger partial charge in [-0.05, 0) is 36.8 Å². The zero-order chi connectivity index (χ0) is 18.6. The van der Waals surface area contributed by atoms with Gasteiger partial charge in [0.2, 0.25) is 11.8 Å². The highest BCUT2D eigenvalue weighted by Gasteiger charge is 2.18. The Balaban J connectivity index is 2.07. The lowest BCUT2D eigenvalue weighted by Crippen LogP contribution is -2.14. The molecule has 25 heavy (non-hydrogen) atoms. The van der Waals surface area contributed by atoms with Crippen LogP contribution in [0.15, 0.2) is 41.3 Å². The van der Waals surface area contributed by atoms with E-state index in [-0.39, 0.29) is 27.8 Å². The summed E-state index contributed by atoms with van der Waals surface area (Å²) in [7, 11) is 0. The van der Waals surface area contributed by atoms with Crippen molar-refractivity contribution in [1.29, 1.82) is 0 Å². The summed E-state index contributed by atoms with van der Waals surface area (Å²) in [5, 5.41) is 14.3. The van der Waals surface area contributed by atoms with Gasteiger partial charge in [0.25, 0.3) is 5.69 Å². The molecule has 0 saturated carbocycles. The second-order valence-electron chi connectivity index (χ2n) is 5.10. The Morgan fingerprint density at radius 2 is 2.00 bits per heavy atom. The predicted octanol–water partition coefficient (Wildman–Crippen LogP) is 3.39. The number of hydrogen-bond acceptors (Lipinski definition) is 5. The topological polar surface area (TPSA) is 115 Å². The molecule has 2 aromatic carbocycles. The maximum atomic E-state index is 12.0. The quantitative estimate of drug-likeness (QED) is 0.453. The number of nitro benzene ring substituents is 1. The lowest BCUT2D eigenvalue weighted by atomic mass is 10.2. The van der Waals surface area contributed by atoms with Crippen LogP contribution in [0.3, 0.4) is 0 Å². The fourth-order valence-corrected chi connectivity index (χ4v) is 2.93. The van der Waals surface area contributed by atoms with E-state index < -0.39 is 10.8 Å². The van der Waals surface area contributed by atoms with Crippen LogP contribution >= 0.6 is 23.4 Å². The molecule has 0 aromatic heterocycles. The number of nitrogens with zero attached hydrogens (tertiary/aromatic N) is 1. The molecule has 0 aliphatic heterocycles. The van der Waals surface area contributed by atoms with E-state index in [1.54, 1.807) is 18.2 Å². The third-order valence-electron chi connectivity index (χ3n) is 3.25. The molecular weight excluding hydrogens is 366 g/mol. The Kier molecular flexibility index (Phi) is 6.00. The number of nitro groups is 1. The Morgan fingerprint density at radius 3 is 2.60 bits per heavy atom. The first kappa shape index (κ1) is 18.8. The molecule has 0 saturated heterocycles. The second-order valence-corrected chi connectivity index (χ2v) is 6.53. The molecule has 9 heteroatoms. The maximum absolute atomic E-state index is 12.0. The lowest BCUT2D eigenvalue weighted by molar-refractivity contribution is -0.387. The molecule has 0 spiro atoms. The molecule has 3 N–H and O–H groups in total. The Morgan fingerprint density at radius 1 is 1.28 bits per heavy atom. The number of amides is 2. The van der Waals surface area contributed by atoms with Crippen molar-refractivity contribution in [2.45, 2.75) is 11.8 Å². The minimum atomic E-state index is -0.756. The molecule has 2 aromatic rings. The van der Waals surface area contributed by atoms with Gasteiger partial charge in [0.1, 0.15) is 0 Å². The van der Waals surface area contributed by atoms with Gasteiger partial charge in [-0.2, -0.15) is 0 Å². The highest BCUT2D eigenvalue weighted by Crippen LogP contribution is 2.30.